The van der Waals surface area contributed by atoms with Gasteiger partial charge in [-0.15, -0.1) is 0 Å². The van der Waals surface area contributed by atoms with Crippen molar-refractivity contribution in [2.45, 2.75) is 12.8 Å². The van der Waals surface area contributed by atoms with E-state index >= 15 is 0 Å². The second-order valence-electron chi connectivity index (χ2n) is 7.43. The van der Waals surface area contributed by atoms with Gasteiger partial charge in [-0.2, -0.15) is 5.10 Å². The van der Waals surface area contributed by atoms with Crippen LogP contribution in [0.4, 0.5) is 0 Å². The Kier molecular flexibility index (Phi) is 4.52. The molecule has 1 aliphatic carbocycles. The van der Waals surface area contributed by atoms with Gasteiger partial charge in [-0.1, -0.05) is 72.8 Å². The maximum Gasteiger partial charge on any atom is 0.275 e. The predicted molar refractivity (Wildman–Crippen MR) is 119 cm³/mol. The zero-order chi connectivity index (χ0) is 20.5. The van der Waals surface area contributed by atoms with Crippen LogP contribution in [0.15, 0.2) is 90.0 Å². The number of benzene rings is 4. The number of carbonyl (C=O) groups is 1. The van der Waals surface area contributed by atoms with Gasteiger partial charge in [0, 0.05) is 11.1 Å². The Balaban J connectivity index is 1.56. The third-order valence-corrected chi connectivity index (χ3v) is 5.59. The molecule has 0 unspecified atom stereocenters. The lowest BCUT2D eigenvalue weighted by molar-refractivity contribution is 0.0952. The second-order valence-corrected chi connectivity index (χ2v) is 7.43. The van der Waals surface area contributed by atoms with Gasteiger partial charge in [0.1, 0.15) is 5.75 Å². The lowest BCUT2D eigenvalue weighted by atomic mass is 9.98. The summed E-state index contributed by atoms with van der Waals surface area (Å²) in [5.41, 5.74) is 8.06. The summed E-state index contributed by atoms with van der Waals surface area (Å²) >= 11 is 0. The third kappa shape index (κ3) is 3.22. The standard InChI is InChI=1S/C26H20N2O2/c29-24-16-20-10-2-1-9-19(20)15-23(24)26(30)28-27-25-21-11-5-3-7-17(21)13-14-18-8-4-6-12-22(18)25/h1-12,15-16,29H,13-14H2,(H,28,30). The highest BCUT2D eigenvalue weighted by Crippen LogP contribution is 2.26. The number of rotatable bonds is 2. The molecule has 0 bridgehead atoms. The maximum absolute atomic E-state index is 12.9. The topological polar surface area (TPSA) is 61.7 Å². The molecule has 0 radical (unpaired) electrons. The molecule has 5 rings (SSSR count). The molecule has 0 saturated carbocycles. The highest BCUT2D eigenvalue weighted by atomic mass is 16.3. The van der Waals surface area contributed by atoms with Crippen LogP contribution < -0.4 is 5.43 Å². The van der Waals surface area contributed by atoms with Gasteiger partial charge in [-0.25, -0.2) is 5.43 Å². The fraction of sp³-hybridized carbons (Fsp3) is 0.0769. The Morgan fingerprint density at radius 1 is 0.767 bits per heavy atom. The van der Waals surface area contributed by atoms with Crippen LogP contribution in [0.25, 0.3) is 10.8 Å². The van der Waals surface area contributed by atoms with E-state index in [0.717, 1.165) is 40.5 Å². The van der Waals surface area contributed by atoms with Gasteiger partial charge in [0.05, 0.1) is 11.3 Å². The molecular weight excluding hydrogens is 372 g/mol. The zero-order valence-corrected chi connectivity index (χ0v) is 16.3. The van der Waals surface area contributed by atoms with E-state index in [2.05, 4.69) is 22.7 Å². The highest BCUT2D eigenvalue weighted by Gasteiger charge is 2.20. The van der Waals surface area contributed by atoms with Crippen LogP contribution >= 0.6 is 0 Å². The Morgan fingerprint density at radius 3 is 1.93 bits per heavy atom. The maximum atomic E-state index is 12.9. The van der Waals surface area contributed by atoms with E-state index in [1.807, 2.05) is 60.7 Å². The molecule has 4 aromatic rings. The molecule has 1 aliphatic rings. The SMILES string of the molecule is O=C(NN=C1c2ccccc2CCc2ccccc21)c1cc2ccccc2cc1O. The average Bonchev–Trinajstić information content (AvgIpc) is 2.94. The van der Waals surface area contributed by atoms with Gasteiger partial charge >= 0.3 is 0 Å². The first-order valence-electron chi connectivity index (χ1n) is 9.97. The number of hydrogen-bond donors (Lipinski definition) is 2. The Hall–Kier alpha value is -3.92. The van der Waals surface area contributed by atoms with Gasteiger partial charge in [0.2, 0.25) is 0 Å². The number of carbonyl (C=O) groups excluding carboxylic acids is 1. The van der Waals surface area contributed by atoms with Crippen LogP contribution in [-0.2, 0) is 12.8 Å². The molecule has 30 heavy (non-hydrogen) atoms. The summed E-state index contributed by atoms with van der Waals surface area (Å²) in [4.78, 5) is 12.9. The summed E-state index contributed by atoms with van der Waals surface area (Å²) in [5.74, 6) is -0.502. The van der Waals surface area contributed by atoms with E-state index in [9.17, 15) is 9.90 Å². The number of aromatic hydroxyl groups is 1. The summed E-state index contributed by atoms with van der Waals surface area (Å²) < 4.78 is 0. The number of phenolic OH excluding ortho intramolecular Hbond substituents is 1. The molecule has 0 aromatic heterocycles. The third-order valence-electron chi connectivity index (χ3n) is 5.59. The predicted octanol–water partition coefficient (Wildman–Crippen LogP) is 4.83. The summed E-state index contributed by atoms with van der Waals surface area (Å²) in [7, 11) is 0. The number of amides is 1. The van der Waals surface area contributed by atoms with E-state index in [0.29, 0.717) is 0 Å². The number of aryl methyl sites for hydroxylation is 2. The largest absolute Gasteiger partial charge is 0.507 e. The molecule has 0 spiro atoms. The van der Waals surface area contributed by atoms with Gasteiger partial charge in [0.15, 0.2) is 0 Å². The molecule has 2 N–H and O–H groups in total. The average molecular weight is 392 g/mol. The number of phenols is 1. The first-order chi connectivity index (χ1) is 14.7. The van der Waals surface area contributed by atoms with Crippen molar-refractivity contribution in [3.05, 3.63) is 113 Å². The monoisotopic (exact) mass is 392 g/mol. The van der Waals surface area contributed by atoms with Crippen molar-refractivity contribution >= 4 is 22.4 Å². The fourth-order valence-corrected chi connectivity index (χ4v) is 4.05. The summed E-state index contributed by atoms with van der Waals surface area (Å²) in [6, 6.07) is 27.2. The smallest absolute Gasteiger partial charge is 0.275 e. The van der Waals surface area contributed by atoms with Crippen LogP contribution in [0.1, 0.15) is 32.6 Å². The lowest BCUT2D eigenvalue weighted by Crippen LogP contribution is -2.21. The van der Waals surface area contributed by atoms with Crippen molar-refractivity contribution in [2.75, 3.05) is 0 Å². The molecule has 0 atom stereocenters. The number of nitrogens with zero attached hydrogens (tertiary/aromatic N) is 1. The van der Waals surface area contributed by atoms with Gasteiger partial charge in [0.25, 0.3) is 5.91 Å². The van der Waals surface area contributed by atoms with Crippen molar-refractivity contribution in [3.8, 4) is 5.75 Å². The molecule has 4 heteroatoms. The Labute approximate surface area is 174 Å². The van der Waals surface area contributed by atoms with E-state index < -0.39 is 5.91 Å². The van der Waals surface area contributed by atoms with Gasteiger partial charge in [-0.05, 0) is 46.9 Å². The molecule has 0 fully saturated rings. The molecule has 4 aromatic carbocycles. The van der Waals surface area contributed by atoms with E-state index in [-0.39, 0.29) is 11.3 Å². The first kappa shape index (κ1) is 18.1. The number of hydrazone groups is 1. The van der Waals surface area contributed by atoms with E-state index in [1.54, 1.807) is 12.1 Å². The molecule has 0 heterocycles. The van der Waals surface area contributed by atoms with Crippen LogP contribution in [0.2, 0.25) is 0 Å². The lowest BCUT2D eigenvalue weighted by Gasteiger charge is -2.11. The number of hydrogen-bond acceptors (Lipinski definition) is 3. The van der Waals surface area contributed by atoms with Gasteiger partial charge in [-0.3, -0.25) is 4.79 Å². The molecule has 0 aliphatic heterocycles. The van der Waals surface area contributed by atoms with Crippen molar-refractivity contribution in [1.29, 1.82) is 0 Å². The minimum absolute atomic E-state index is 0.0620. The second kappa shape index (κ2) is 7.48. The summed E-state index contributed by atoms with van der Waals surface area (Å²) in [5, 5.41) is 16.7. The quantitative estimate of drug-likeness (QED) is 0.480. The Bertz CT molecular complexity index is 1260. The van der Waals surface area contributed by atoms with Crippen molar-refractivity contribution in [3.63, 3.8) is 0 Å². The Morgan fingerprint density at radius 2 is 1.30 bits per heavy atom. The first-order valence-corrected chi connectivity index (χ1v) is 9.97. The molecule has 146 valence electrons. The van der Waals surface area contributed by atoms with E-state index in [4.69, 9.17) is 0 Å². The van der Waals surface area contributed by atoms with Crippen molar-refractivity contribution < 1.29 is 9.90 Å². The van der Waals surface area contributed by atoms with E-state index in [1.165, 1.54) is 11.1 Å². The van der Waals surface area contributed by atoms with Crippen LogP contribution in [0.5, 0.6) is 5.75 Å². The van der Waals surface area contributed by atoms with Crippen LogP contribution in [0.3, 0.4) is 0 Å². The molecule has 1 amide bonds. The number of fused-ring (bicyclic) bond motifs is 3. The molecule has 4 nitrogen and oxygen atoms in total. The van der Waals surface area contributed by atoms with Crippen LogP contribution in [-0.4, -0.2) is 16.7 Å². The van der Waals surface area contributed by atoms with Crippen LogP contribution in [0, 0.1) is 0 Å². The van der Waals surface area contributed by atoms with Crippen molar-refractivity contribution in [2.24, 2.45) is 5.10 Å². The number of nitrogens with one attached hydrogen (secondary N) is 1. The highest BCUT2D eigenvalue weighted by molar-refractivity contribution is 6.15. The minimum Gasteiger partial charge on any atom is -0.507 e. The zero-order valence-electron chi connectivity index (χ0n) is 16.3. The normalized spacial score (nSPS) is 12.6. The molecular formula is C26H20N2O2. The summed E-state index contributed by atoms with van der Waals surface area (Å²) in [6.07, 6.45) is 1.84. The fourth-order valence-electron chi connectivity index (χ4n) is 4.05. The summed E-state index contributed by atoms with van der Waals surface area (Å²) in [6.45, 7) is 0. The van der Waals surface area contributed by atoms with Gasteiger partial charge < -0.3 is 5.11 Å². The van der Waals surface area contributed by atoms with Crippen molar-refractivity contribution in [1.82, 2.24) is 5.43 Å². The molecule has 0 saturated heterocycles. The minimum atomic E-state index is -0.440.